The molecule has 2 aromatic rings. The Morgan fingerprint density at radius 1 is 1.40 bits per heavy atom. The van der Waals surface area contributed by atoms with Crippen LogP contribution in [0, 0.1) is 0 Å². The Balaban J connectivity index is 1.53. The van der Waals surface area contributed by atoms with Crippen molar-refractivity contribution in [1.82, 2.24) is 14.5 Å². The van der Waals surface area contributed by atoms with Crippen molar-refractivity contribution >= 4 is 22.9 Å². The number of aromatic nitrogens is 2. The molecule has 2 aliphatic heterocycles. The van der Waals surface area contributed by atoms with Crippen LogP contribution in [0.2, 0.25) is 0 Å². The van der Waals surface area contributed by atoms with Crippen LogP contribution >= 0.6 is 11.3 Å². The average molecular weight is 362 g/mol. The van der Waals surface area contributed by atoms with Gasteiger partial charge in [0.1, 0.15) is 18.0 Å². The minimum Gasteiger partial charge on any atom is -0.377 e. The van der Waals surface area contributed by atoms with E-state index in [1.54, 1.807) is 11.3 Å². The van der Waals surface area contributed by atoms with Crippen molar-refractivity contribution in [3.63, 3.8) is 0 Å². The molecule has 1 amide bonds. The van der Waals surface area contributed by atoms with Crippen LogP contribution in [0.3, 0.4) is 0 Å². The first kappa shape index (κ1) is 16.7. The molecule has 0 bridgehead atoms. The molecule has 2 saturated heterocycles. The summed E-state index contributed by atoms with van der Waals surface area (Å²) < 4.78 is 13.9. The highest BCUT2D eigenvalue weighted by atomic mass is 32.1. The number of aryl methyl sites for hydroxylation is 1. The fourth-order valence-corrected chi connectivity index (χ4v) is 4.05. The monoisotopic (exact) mass is 362 g/mol. The second-order valence-corrected chi connectivity index (χ2v) is 7.43. The second kappa shape index (κ2) is 6.87. The Morgan fingerprint density at radius 3 is 3.08 bits per heavy atom. The van der Waals surface area contributed by atoms with Gasteiger partial charge in [-0.05, 0) is 11.4 Å². The zero-order valence-corrected chi connectivity index (χ0v) is 15.1. The third kappa shape index (κ3) is 3.48. The Bertz CT molecular complexity index is 732. The molecule has 134 valence electrons. The van der Waals surface area contributed by atoms with Crippen LogP contribution in [0.1, 0.15) is 5.82 Å². The topological polar surface area (TPSA) is 59.8 Å². The lowest BCUT2D eigenvalue weighted by Crippen LogP contribution is -2.60. The zero-order chi connectivity index (χ0) is 17.3. The summed E-state index contributed by atoms with van der Waals surface area (Å²) >= 11 is 1.59. The summed E-state index contributed by atoms with van der Waals surface area (Å²) in [6.45, 7) is 4.04. The van der Waals surface area contributed by atoms with Crippen molar-refractivity contribution < 1.29 is 14.3 Å². The quantitative estimate of drug-likeness (QED) is 0.819. The number of hydrogen-bond acceptors (Lipinski definition) is 6. The number of hydrogen-bond donors (Lipinski definition) is 0. The molecule has 1 spiro atoms. The standard InChI is InChI=1S/C17H22N4O3S/c1-19-4-3-18-15(19)8-20-5-6-23-13-17(11-20)12-21(16(22)9-24-17)14-2-7-25-10-14/h2-4,7,10H,5-6,8-9,11-13H2,1H3. The van der Waals surface area contributed by atoms with Crippen molar-refractivity contribution in [3.05, 3.63) is 35.0 Å². The predicted molar refractivity (Wildman–Crippen MR) is 94.7 cm³/mol. The van der Waals surface area contributed by atoms with E-state index in [1.807, 2.05) is 45.7 Å². The fraction of sp³-hybridized carbons (Fsp3) is 0.529. The highest BCUT2D eigenvalue weighted by Crippen LogP contribution is 2.28. The van der Waals surface area contributed by atoms with Crippen LogP contribution in [0.4, 0.5) is 5.69 Å². The number of thiophene rings is 1. The maximum Gasteiger partial charge on any atom is 0.253 e. The van der Waals surface area contributed by atoms with Gasteiger partial charge in [0.2, 0.25) is 0 Å². The third-order valence-corrected chi connectivity index (χ3v) is 5.45. The Morgan fingerprint density at radius 2 is 2.32 bits per heavy atom. The first-order chi connectivity index (χ1) is 12.2. The number of imidazole rings is 1. The summed E-state index contributed by atoms with van der Waals surface area (Å²) in [6, 6.07) is 1.98. The molecular formula is C17H22N4O3S. The number of anilines is 1. The lowest BCUT2D eigenvalue weighted by atomic mass is 10.0. The van der Waals surface area contributed by atoms with Crippen LogP contribution in [0.5, 0.6) is 0 Å². The molecule has 1 unspecified atom stereocenters. The summed E-state index contributed by atoms with van der Waals surface area (Å²) in [5, 5.41) is 3.99. The molecule has 0 radical (unpaired) electrons. The Kier molecular flexibility index (Phi) is 4.60. The van der Waals surface area contributed by atoms with Crippen LogP contribution < -0.4 is 4.90 Å². The first-order valence-corrected chi connectivity index (χ1v) is 9.32. The maximum absolute atomic E-state index is 12.3. The van der Waals surface area contributed by atoms with E-state index in [2.05, 4.69) is 9.88 Å². The fourth-order valence-electron chi connectivity index (χ4n) is 3.41. The number of carbonyl (C=O) groups is 1. The van der Waals surface area contributed by atoms with Crippen molar-refractivity contribution in [2.24, 2.45) is 7.05 Å². The van der Waals surface area contributed by atoms with E-state index >= 15 is 0 Å². The molecule has 4 rings (SSSR count). The average Bonchev–Trinajstić information content (AvgIpc) is 3.22. The van der Waals surface area contributed by atoms with Gasteiger partial charge >= 0.3 is 0 Å². The van der Waals surface area contributed by atoms with E-state index in [1.165, 1.54) is 0 Å². The number of rotatable bonds is 3. The summed E-state index contributed by atoms with van der Waals surface area (Å²) in [5.74, 6) is 1.02. The van der Waals surface area contributed by atoms with E-state index in [4.69, 9.17) is 9.47 Å². The van der Waals surface area contributed by atoms with E-state index in [9.17, 15) is 4.79 Å². The zero-order valence-electron chi connectivity index (χ0n) is 14.3. The second-order valence-electron chi connectivity index (χ2n) is 6.65. The molecule has 8 heteroatoms. The van der Waals surface area contributed by atoms with Gasteiger partial charge in [-0.15, -0.1) is 0 Å². The largest absolute Gasteiger partial charge is 0.377 e. The lowest BCUT2D eigenvalue weighted by molar-refractivity contribution is -0.146. The van der Waals surface area contributed by atoms with Crippen molar-refractivity contribution in [1.29, 1.82) is 0 Å². The summed E-state index contributed by atoms with van der Waals surface area (Å²) in [7, 11) is 2.00. The number of carbonyl (C=O) groups excluding carboxylic acids is 1. The van der Waals surface area contributed by atoms with Crippen molar-refractivity contribution in [3.8, 4) is 0 Å². The highest BCUT2D eigenvalue weighted by Gasteiger charge is 2.43. The van der Waals surface area contributed by atoms with E-state index < -0.39 is 5.60 Å². The molecule has 1 atom stereocenters. The van der Waals surface area contributed by atoms with Gasteiger partial charge < -0.3 is 18.9 Å². The minimum atomic E-state index is -0.502. The Hall–Kier alpha value is -1.74. The van der Waals surface area contributed by atoms with Gasteiger partial charge in [0.15, 0.2) is 0 Å². The molecule has 0 aromatic carbocycles. The van der Waals surface area contributed by atoms with Gasteiger partial charge in [-0.2, -0.15) is 11.3 Å². The van der Waals surface area contributed by atoms with Gasteiger partial charge in [0.05, 0.1) is 32.0 Å². The molecule has 2 fully saturated rings. The molecular weight excluding hydrogens is 340 g/mol. The molecule has 0 aliphatic carbocycles. The van der Waals surface area contributed by atoms with Gasteiger partial charge in [0, 0.05) is 37.9 Å². The maximum atomic E-state index is 12.3. The van der Waals surface area contributed by atoms with E-state index in [0.29, 0.717) is 26.3 Å². The van der Waals surface area contributed by atoms with Gasteiger partial charge in [-0.25, -0.2) is 4.98 Å². The minimum absolute atomic E-state index is 0.00363. The van der Waals surface area contributed by atoms with Crippen LogP contribution in [-0.2, 0) is 27.9 Å². The Labute approximate surface area is 150 Å². The van der Waals surface area contributed by atoms with Gasteiger partial charge in [-0.1, -0.05) is 0 Å². The number of amides is 1. The SMILES string of the molecule is Cn1ccnc1CN1CCOCC2(C1)CN(c1ccsc1)C(=O)CO2. The van der Waals surface area contributed by atoms with E-state index in [0.717, 1.165) is 24.6 Å². The normalized spacial score (nSPS) is 25.5. The first-order valence-electron chi connectivity index (χ1n) is 8.38. The highest BCUT2D eigenvalue weighted by molar-refractivity contribution is 7.08. The number of nitrogens with zero attached hydrogens (tertiary/aromatic N) is 4. The van der Waals surface area contributed by atoms with Crippen molar-refractivity contribution in [2.45, 2.75) is 12.1 Å². The van der Waals surface area contributed by atoms with Crippen LogP contribution in [0.25, 0.3) is 0 Å². The van der Waals surface area contributed by atoms with Crippen LogP contribution in [0.15, 0.2) is 29.2 Å². The summed E-state index contributed by atoms with van der Waals surface area (Å²) in [6.07, 6.45) is 3.76. The number of ether oxygens (including phenoxy) is 2. The summed E-state index contributed by atoms with van der Waals surface area (Å²) in [5.41, 5.74) is 0.440. The molecule has 2 aliphatic rings. The van der Waals surface area contributed by atoms with E-state index in [-0.39, 0.29) is 12.5 Å². The molecule has 7 nitrogen and oxygen atoms in total. The number of morpholine rings is 1. The molecule has 2 aromatic heterocycles. The lowest BCUT2D eigenvalue weighted by Gasteiger charge is -2.42. The van der Waals surface area contributed by atoms with Crippen LogP contribution in [-0.4, -0.2) is 65.4 Å². The molecule has 25 heavy (non-hydrogen) atoms. The summed E-state index contributed by atoms with van der Waals surface area (Å²) in [4.78, 5) is 20.9. The molecule has 0 saturated carbocycles. The van der Waals surface area contributed by atoms with Gasteiger partial charge in [0.25, 0.3) is 5.91 Å². The molecule has 0 N–H and O–H groups in total. The van der Waals surface area contributed by atoms with Crippen molar-refractivity contribution in [2.75, 3.05) is 44.4 Å². The molecule has 4 heterocycles. The van der Waals surface area contributed by atoms with Gasteiger partial charge in [-0.3, -0.25) is 9.69 Å². The smallest absolute Gasteiger partial charge is 0.253 e. The predicted octanol–water partition coefficient (Wildman–Crippen LogP) is 1.12. The third-order valence-electron chi connectivity index (χ3n) is 4.78.